The van der Waals surface area contributed by atoms with Gasteiger partial charge in [-0.15, -0.1) is 0 Å². The molecule has 1 fully saturated rings. The van der Waals surface area contributed by atoms with Gasteiger partial charge in [0.05, 0.1) is 6.42 Å². The zero-order chi connectivity index (χ0) is 7.78. The summed E-state index contributed by atoms with van der Waals surface area (Å²) in [4.78, 5) is 20.8. The lowest BCUT2D eigenvalue weighted by Gasteiger charge is -2.09. The van der Waals surface area contributed by atoms with Crippen LogP contribution in [0.25, 0.3) is 0 Å². The van der Waals surface area contributed by atoms with Gasteiger partial charge in [0.25, 0.3) is 0 Å². The number of ether oxygens (including phenoxy) is 1. The Morgan fingerprint density at radius 2 is 2.40 bits per heavy atom. The molecular formula is C5H5BrO4. The molecule has 1 aliphatic heterocycles. The number of esters is 1. The summed E-state index contributed by atoms with van der Waals surface area (Å²) in [7, 11) is 0. The van der Waals surface area contributed by atoms with Gasteiger partial charge in [-0.05, 0) is 0 Å². The molecule has 0 amide bonds. The van der Waals surface area contributed by atoms with Gasteiger partial charge in [-0.1, -0.05) is 15.9 Å². The highest BCUT2D eigenvalue weighted by atomic mass is 79.9. The average molecular weight is 209 g/mol. The van der Waals surface area contributed by atoms with Crippen LogP contribution in [0.15, 0.2) is 0 Å². The lowest BCUT2D eigenvalue weighted by atomic mass is 10.1. The molecule has 1 rings (SSSR count). The van der Waals surface area contributed by atoms with E-state index < -0.39 is 16.3 Å². The van der Waals surface area contributed by atoms with Gasteiger partial charge in [0.1, 0.15) is 6.61 Å². The lowest BCUT2D eigenvalue weighted by molar-refractivity contribution is -0.139. The first-order chi connectivity index (χ1) is 4.54. The SMILES string of the molecule is O=C1CC(Br)(C(=O)O)CO1. The van der Waals surface area contributed by atoms with Crippen molar-refractivity contribution in [2.45, 2.75) is 10.7 Å². The van der Waals surface area contributed by atoms with Crippen LogP contribution in [0.3, 0.4) is 0 Å². The number of carbonyl (C=O) groups excluding carboxylic acids is 1. The molecule has 1 saturated heterocycles. The highest BCUT2D eigenvalue weighted by Crippen LogP contribution is 2.29. The lowest BCUT2D eigenvalue weighted by Crippen LogP contribution is -2.31. The van der Waals surface area contributed by atoms with Crippen LogP contribution in [-0.2, 0) is 14.3 Å². The Morgan fingerprint density at radius 1 is 1.80 bits per heavy atom. The number of rotatable bonds is 1. The van der Waals surface area contributed by atoms with E-state index in [1.54, 1.807) is 0 Å². The Hall–Kier alpha value is -0.580. The van der Waals surface area contributed by atoms with E-state index in [1.807, 2.05) is 0 Å². The molecule has 1 atom stereocenters. The summed E-state index contributed by atoms with van der Waals surface area (Å²) in [6.07, 6.45) is -0.0949. The molecule has 1 aliphatic rings. The van der Waals surface area contributed by atoms with Crippen molar-refractivity contribution in [3.8, 4) is 0 Å². The van der Waals surface area contributed by atoms with Crippen molar-refractivity contribution in [2.75, 3.05) is 6.61 Å². The highest BCUT2D eigenvalue weighted by Gasteiger charge is 2.45. The zero-order valence-corrected chi connectivity index (χ0v) is 6.55. The van der Waals surface area contributed by atoms with E-state index in [4.69, 9.17) is 5.11 Å². The average Bonchev–Trinajstić information content (AvgIpc) is 2.13. The van der Waals surface area contributed by atoms with Crippen molar-refractivity contribution in [3.63, 3.8) is 0 Å². The summed E-state index contributed by atoms with van der Waals surface area (Å²) in [5.74, 6) is -1.53. The van der Waals surface area contributed by atoms with E-state index in [1.165, 1.54) is 0 Å². The van der Waals surface area contributed by atoms with Gasteiger partial charge < -0.3 is 9.84 Å². The molecule has 0 radical (unpaired) electrons. The van der Waals surface area contributed by atoms with E-state index in [0.717, 1.165) is 0 Å². The van der Waals surface area contributed by atoms with Crippen molar-refractivity contribution in [1.29, 1.82) is 0 Å². The number of carboxylic acid groups (broad SMARTS) is 1. The highest BCUT2D eigenvalue weighted by molar-refractivity contribution is 9.10. The molecule has 10 heavy (non-hydrogen) atoms. The zero-order valence-electron chi connectivity index (χ0n) is 4.96. The minimum Gasteiger partial charge on any atom is -0.480 e. The Balaban J connectivity index is 2.72. The van der Waals surface area contributed by atoms with Gasteiger partial charge in [0.15, 0.2) is 4.32 Å². The molecular weight excluding hydrogens is 204 g/mol. The number of hydrogen-bond donors (Lipinski definition) is 1. The summed E-state index contributed by atoms with van der Waals surface area (Å²) in [6, 6.07) is 0. The monoisotopic (exact) mass is 208 g/mol. The summed E-state index contributed by atoms with van der Waals surface area (Å²) in [5.41, 5.74) is 0. The van der Waals surface area contributed by atoms with Crippen molar-refractivity contribution in [2.24, 2.45) is 0 Å². The van der Waals surface area contributed by atoms with Gasteiger partial charge in [-0.25, -0.2) is 0 Å². The number of carbonyl (C=O) groups is 2. The van der Waals surface area contributed by atoms with E-state index in [2.05, 4.69) is 20.7 Å². The number of aliphatic carboxylic acids is 1. The third-order valence-electron chi connectivity index (χ3n) is 1.27. The van der Waals surface area contributed by atoms with Crippen LogP contribution in [0.4, 0.5) is 0 Å². The minimum absolute atomic E-state index is 0.0822. The molecule has 0 bridgehead atoms. The van der Waals surface area contributed by atoms with E-state index >= 15 is 0 Å². The second kappa shape index (κ2) is 2.23. The molecule has 1 heterocycles. The Bertz CT molecular complexity index is 190. The molecule has 56 valence electrons. The van der Waals surface area contributed by atoms with Gasteiger partial charge in [-0.2, -0.15) is 0 Å². The van der Waals surface area contributed by atoms with E-state index in [-0.39, 0.29) is 13.0 Å². The summed E-state index contributed by atoms with van der Waals surface area (Å²) < 4.78 is 3.29. The number of hydrogen-bond acceptors (Lipinski definition) is 3. The Labute approximate surface area is 65.3 Å². The van der Waals surface area contributed by atoms with Gasteiger partial charge in [0, 0.05) is 0 Å². The van der Waals surface area contributed by atoms with Crippen molar-refractivity contribution < 1.29 is 19.4 Å². The van der Waals surface area contributed by atoms with Gasteiger partial charge in [-0.3, -0.25) is 9.59 Å². The van der Waals surface area contributed by atoms with Crippen LogP contribution in [0, 0.1) is 0 Å². The largest absolute Gasteiger partial charge is 0.480 e. The van der Waals surface area contributed by atoms with Crippen LogP contribution < -0.4 is 0 Å². The third kappa shape index (κ3) is 1.13. The second-order valence-corrected chi connectivity index (χ2v) is 3.63. The van der Waals surface area contributed by atoms with Crippen LogP contribution in [0.5, 0.6) is 0 Å². The number of alkyl halides is 1. The first kappa shape index (κ1) is 7.53. The molecule has 0 aromatic carbocycles. The van der Waals surface area contributed by atoms with Gasteiger partial charge >= 0.3 is 11.9 Å². The molecule has 0 spiro atoms. The number of halogens is 1. The predicted molar refractivity (Wildman–Crippen MR) is 34.9 cm³/mol. The molecule has 5 heteroatoms. The molecule has 0 aromatic rings. The maximum Gasteiger partial charge on any atom is 0.324 e. The fourth-order valence-electron chi connectivity index (χ4n) is 0.663. The van der Waals surface area contributed by atoms with Crippen LogP contribution in [0.2, 0.25) is 0 Å². The summed E-state index contributed by atoms with van der Waals surface area (Å²) >= 11 is 2.91. The topological polar surface area (TPSA) is 63.6 Å². The minimum atomic E-state index is -1.18. The van der Waals surface area contributed by atoms with Crippen LogP contribution in [0.1, 0.15) is 6.42 Å². The normalized spacial score (nSPS) is 31.9. The number of carboxylic acids is 1. The molecule has 1 N–H and O–H groups in total. The fraction of sp³-hybridized carbons (Fsp3) is 0.600. The van der Waals surface area contributed by atoms with Crippen molar-refractivity contribution in [3.05, 3.63) is 0 Å². The quantitative estimate of drug-likeness (QED) is 0.493. The van der Waals surface area contributed by atoms with Crippen molar-refractivity contribution in [1.82, 2.24) is 0 Å². The molecule has 4 nitrogen and oxygen atoms in total. The van der Waals surface area contributed by atoms with E-state index in [0.29, 0.717) is 0 Å². The van der Waals surface area contributed by atoms with Crippen LogP contribution in [-0.4, -0.2) is 28.0 Å². The van der Waals surface area contributed by atoms with Crippen molar-refractivity contribution >= 4 is 27.9 Å². The summed E-state index contributed by atoms with van der Waals surface area (Å²) in [6.45, 7) is -0.0822. The van der Waals surface area contributed by atoms with Gasteiger partial charge in [0.2, 0.25) is 0 Å². The summed E-state index contributed by atoms with van der Waals surface area (Å²) in [5, 5.41) is 8.51. The predicted octanol–water partition coefficient (Wildman–Crippen LogP) is 0.152. The fourth-order valence-corrected chi connectivity index (χ4v) is 1.01. The van der Waals surface area contributed by atoms with E-state index in [9.17, 15) is 9.59 Å². The number of cyclic esters (lactones) is 1. The molecule has 1 unspecified atom stereocenters. The second-order valence-electron chi connectivity index (χ2n) is 2.11. The molecule has 0 saturated carbocycles. The maximum atomic E-state index is 10.4. The molecule has 0 aliphatic carbocycles. The third-order valence-corrected chi connectivity index (χ3v) is 2.12. The first-order valence-electron chi connectivity index (χ1n) is 2.62. The standard InChI is InChI=1S/C5H5BrO4/c6-5(4(8)9)1-3(7)10-2-5/h1-2H2,(H,8,9). The first-order valence-corrected chi connectivity index (χ1v) is 3.42. The Kier molecular flexibility index (Phi) is 1.68. The maximum absolute atomic E-state index is 10.4. The Morgan fingerprint density at radius 3 is 2.60 bits per heavy atom. The molecule has 0 aromatic heterocycles. The van der Waals surface area contributed by atoms with Crippen LogP contribution >= 0.6 is 15.9 Å². The smallest absolute Gasteiger partial charge is 0.324 e.